The molecule has 58 valence electrons. The Morgan fingerprint density at radius 2 is 1.30 bits per heavy atom. The average Bonchev–Trinajstić information content (AvgIpc) is 1.89. The van der Waals surface area contributed by atoms with Crippen LogP contribution < -0.4 is 10.6 Å². The molecule has 3 rings (SSSR count). The van der Waals surface area contributed by atoms with Gasteiger partial charge in [-0.3, -0.25) is 0 Å². The van der Waals surface area contributed by atoms with Crippen molar-refractivity contribution in [1.29, 1.82) is 0 Å². The zero-order valence-corrected chi connectivity index (χ0v) is 6.40. The van der Waals surface area contributed by atoms with Crippen LogP contribution in [-0.4, -0.2) is 25.2 Å². The first-order valence-corrected chi connectivity index (χ1v) is 4.42. The van der Waals surface area contributed by atoms with Gasteiger partial charge in [0.1, 0.15) is 0 Å². The van der Waals surface area contributed by atoms with Gasteiger partial charge in [0.2, 0.25) is 0 Å². The van der Waals surface area contributed by atoms with Crippen molar-refractivity contribution >= 4 is 0 Å². The second kappa shape index (κ2) is 2.89. The predicted octanol–water partition coefficient (Wildman–Crippen LogP) is 0.490. The van der Waals surface area contributed by atoms with E-state index in [4.69, 9.17) is 0 Å². The molecule has 2 atom stereocenters. The van der Waals surface area contributed by atoms with Crippen molar-refractivity contribution in [2.45, 2.75) is 37.8 Å². The SMILES string of the molecule is C1CCC2CNC(C1)CN2. The van der Waals surface area contributed by atoms with Gasteiger partial charge >= 0.3 is 0 Å². The molecule has 0 saturated carbocycles. The first-order chi connectivity index (χ1) is 4.95. The third-order valence-electron chi connectivity index (χ3n) is 2.66. The van der Waals surface area contributed by atoms with Crippen molar-refractivity contribution in [1.82, 2.24) is 10.6 Å². The zero-order chi connectivity index (χ0) is 6.81. The van der Waals surface area contributed by atoms with Crippen LogP contribution in [-0.2, 0) is 0 Å². The van der Waals surface area contributed by atoms with Crippen LogP contribution in [0, 0.1) is 0 Å². The highest BCUT2D eigenvalue weighted by atomic mass is 15.1. The van der Waals surface area contributed by atoms with E-state index in [2.05, 4.69) is 10.6 Å². The molecule has 0 aromatic heterocycles. The Hall–Kier alpha value is -0.0800. The molecule has 3 heterocycles. The van der Waals surface area contributed by atoms with Gasteiger partial charge in [-0.05, 0) is 12.8 Å². The van der Waals surface area contributed by atoms with E-state index >= 15 is 0 Å². The number of hydrogen-bond acceptors (Lipinski definition) is 2. The largest absolute Gasteiger partial charge is 0.311 e. The molecule has 3 fully saturated rings. The summed E-state index contributed by atoms with van der Waals surface area (Å²) in [5, 5.41) is 7.12. The first-order valence-electron chi connectivity index (χ1n) is 4.42. The van der Waals surface area contributed by atoms with E-state index in [0.717, 1.165) is 12.1 Å². The fourth-order valence-corrected chi connectivity index (χ4v) is 1.95. The highest BCUT2D eigenvalue weighted by Crippen LogP contribution is 2.13. The normalized spacial score (nSPS) is 40.8. The zero-order valence-electron chi connectivity index (χ0n) is 6.40. The monoisotopic (exact) mass is 140 g/mol. The molecular formula is C8H16N2. The summed E-state index contributed by atoms with van der Waals surface area (Å²) in [5.41, 5.74) is 0. The minimum absolute atomic E-state index is 0.775. The van der Waals surface area contributed by atoms with Crippen LogP contribution in [0.2, 0.25) is 0 Å². The Kier molecular flexibility index (Phi) is 1.91. The molecule has 10 heavy (non-hydrogen) atoms. The van der Waals surface area contributed by atoms with Crippen LogP contribution >= 0.6 is 0 Å². The average molecular weight is 140 g/mol. The maximum atomic E-state index is 3.56. The van der Waals surface area contributed by atoms with Gasteiger partial charge in [-0.15, -0.1) is 0 Å². The molecule has 2 nitrogen and oxygen atoms in total. The molecule has 2 bridgehead atoms. The van der Waals surface area contributed by atoms with Gasteiger partial charge in [0, 0.05) is 25.2 Å². The quantitative estimate of drug-likeness (QED) is 0.511. The van der Waals surface area contributed by atoms with Gasteiger partial charge in [0.15, 0.2) is 0 Å². The molecule has 0 aliphatic carbocycles. The van der Waals surface area contributed by atoms with Crippen molar-refractivity contribution in [3.63, 3.8) is 0 Å². The van der Waals surface area contributed by atoms with E-state index in [9.17, 15) is 0 Å². The van der Waals surface area contributed by atoms with E-state index in [1.807, 2.05) is 0 Å². The molecule has 2 heteroatoms. The van der Waals surface area contributed by atoms with Crippen molar-refractivity contribution in [2.75, 3.05) is 13.1 Å². The van der Waals surface area contributed by atoms with Gasteiger partial charge in [-0.2, -0.15) is 0 Å². The first kappa shape index (κ1) is 6.62. The molecule has 3 aliphatic heterocycles. The summed E-state index contributed by atoms with van der Waals surface area (Å²) in [4.78, 5) is 0. The Morgan fingerprint density at radius 1 is 0.800 bits per heavy atom. The Labute approximate surface area is 62.4 Å². The summed E-state index contributed by atoms with van der Waals surface area (Å²) in [7, 11) is 0. The molecular weight excluding hydrogens is 124 g/mol. The highest BCUT2D eigenvalue weighted by Gasteiger charge is 2.21. The predicted molar refractivity (Wildman–Crippen MR) is 42.0 cm³/mol. The van der Waals surface area contributed by atoms with Crippen molar-refractivity contribution in [3.8, 4) is 0 Å². The molecule has 3 saturated heterocycles. The summed E-state index contributed by atoms with van der Waals surface area (Å²) in [6.07, 6.45) is 5.60. The van der Waals surface area contributed by atoms with E-state index < -0.39 is 0 Å². The van der Waals surface area contributed by atoms with Gasteiger partial charge in [-0.25, -0.2) is 0 Å². The van der Waals surface area contributed by atoms with E-state index in [0.29, 0.717) is 0 Å². The fourth-order valence-electron chi connectivity index (χ4n) is 1.95. The van der Waals surface area contributed by atoms with Crippen LogP contribution in [0.15, 0.2) is 0 Å². The topological polar surface area (TPSA) is 24.1 Å². The second-order valence-electron chi connectivity index (χ2n) is 3.49. The maximum absolute atomic E-state index is 3.56. The van der Waals surface area contributed by atoms with Crippen LogP contribution in [0.1, 0.15) is 25.7 Å². The number of nitrogens with one attached hydrogen (secondary N) is 2. The summed E-state index contributed by atoms with van der Waals surface area (Å²) in [6.45, 7) is 2.40. The van der Waals surface area contributed by atoms with Gasteiger partial charge in [-0.1, -0.05) is 12.8 Å². The molecule has 0 aromatic carbocycles. The summed E-state index contributed by atoms with van der Waals surface area (Å²) in [5.74, 6) is 0. The highest BCUT2D eigenvalue weighted by molar-refractivity contribution is 4.85. The summed E-state index contributed by atoms with van der Waals surface area (Å²) < 4.78 is 0. The maximum Gasteiger partial charge on any atom is 0.0193 e. The van der Waals surface area contributed by atoms with Crippen LogP contribution in [0.5, 0.6) is 0 Å². The Balaban J connectivity index is 1.94. The van der Waals surface area contributed by atoms with Gasteiger partial charge in [0.05, 0.1) is 0 Å². The summed E-state index contributed by atoms with van der Waals surface area (Å²) >= 11 is 0. The Bertz CT molecular complexity index is 86.3. The van der Waals surface area contributed by atoms with Crippen LogP contribution in [0.3, 0.4) is 0 Å². The molecule has 0 spiro atoms. The Morgan fingerprint density at radius 3 is 1.70 bits per heavy atom. The molecule has 2 unspecified atom stereocenters. The molecule has 0 amide bonds. The minimum Gasteiger partial charge on any atom is -0.311 e. The third kappa shape index (κ3) is 1.32. The van der Waals surface area contributed by atoms with Gasteiger partial charge in [0.25, 0.3) is 0 Å². The van der Waals surface area contributed by atoms with Gasteiger partial charge < -0.3 is 10.6 Å². The number of rotatable bonds is 0. The lowest BCUT2D eigenvalue weighted by atomic mass is 9.97. The molecule has 0 aromatic rings. The van der Waals surface area contributed by atoms with Crippen molar-refractivity contribution < 1.29 is 0 Å². The van der Waals surface area contributed by atoms with Crippen LogP contribution in [0.4, 0.5) is 0 Å². The lowest BCUT2D eigenvalue weighted by Crippen LogP contribution is -2.55. The van der Waals surface area contributed by atoms with Crippen molar-refractivity contribution in [3.05, 3.63) is 0 Å². The van der Waals surface area contributed by atoms with E-state index in [-0.39, 0.29) is 0 Å². The molecule has 3 aliphatic rings. The van der Waals surface area contributed by atoms with Crippen molar-refractivity contribution in [2.24, 2.45) is 0 Å². The number of piperazine rings is 1. The summed E-state index contributed by atoms with van der Waals surface area (Å²) in [6, 6.07) is 1.55. The molecule has 2 N–H and O–H groups in total. The standard InChI is InChI=1S/C8H16N2/c1-2-4-8-6-9-7(3-1)5-10-8/h7-10H,1-6H2. The van der Waals surface area contributed by atoms with Crippen LogP contribution in [0.25, 0.3) is 0 Å². The lowest BCUT2D eigenvalue weighted by Gasteiger charge is -2.33. The van der Waals surface area contributed by atoms with E-state index in [1.54, 1.807) is 0 Å². The smallest absolute Gasteiger partial charge is 0.0193 e. The van der Waals surface area contributed by atoms with E-state index in [1.165, 1.54) is 38.8 Å². The third-order valence-corrected chi connectivity index (χ3v) is 2.66. The number of fused-ring (bicyclic) bond motifs is 5. The lowest BCUT2D eigenvalue weighted by molar-refractivity contribution is 0.284. The second-order valence-corrected chi connectivity index (χ2v) is 3.49. The fraction of sp³-hybridized carbons (Fsp3) is 1.00. The number of hydrogen-bond donors (Lipinski definition) is 2. The molecule has 0 radical (unpaired) electrons. The minimum atomic E-state index is 0.775.